The molecule has 1 aliphatic heterocycles. The number of para-hydroxylation sites is 1. The van der Waals surface area contributed by atoms with E-state index >= 15 is 0 Å². The number of amides is 1. The minimum absolute atomic E-state index is 0.149. The largest absolute Gasteiger partial charge is 0.374 e. The quantitative estimate of drug-likeness (QED) is 0.697. The van der Waals surface area contributed by atoms with E-state index in [1.165, 1.54) is 4.31 Å². The highest BCUT2D eigenvalue weighted by Crippen LogP contribution is 2.21. The van der Waals surface area contributed by atoms with Crippen molar-refractivity contribution in [1.82, 2.24) is 9.21 Å². The third kappa shape index (κ3) is 5.59. The number of sulfonamides is 1. The van der Waals surface area contributed by atoms with Gasteiger partial charge in [0, 0.05) is 57.6 Å². The third-order valence-electron chi connectivity index (χ3n) is 5.41. The zero-order valence-corrected chi connectivity index (χ0v) is 18.4. The van der Waals surface area contributed by atoms with E-state index in [0.717, 1.165) is 25.3 Å². The maximum absolute atomic E-state index is 13.0. The fourth-order valence-corrected chi connectivity index (χ4v) is 4.94. The predicted octanol–water partition coefficient (Wildman–Crippen LogP) is 2.48. The molecule has 2 aromatic rings. The van der Waals surface area contributed by atoms with Gasteiger partial charge in [0.15, 0.2) is 0 Å². The predicted molar refractivity (Wildman–Crippen MR) is 120 cm³/mol. The van der Waals surface area contributed by atoms with E-state index in [4.69, 9.17) is 0 Å². The van der Waals surface area contributed by atoms with Gasteiger partial charge in [-0.2, -0.15) is 4.31 Å². The zero-order chi connectivity index (χ0) is 21.6. The molecule has 1 amide bonds. The number of piperazine rings is 1. The molecule has 1 heterocycles. The fourth-order valence-electron chi connectivity index (χ4n) is 3.47. The third-order valence-corrected chi connectivity index (χ3v) is 7.30. The summed E-state index contributed by atoms with van der Waals surface area (Å²) in [7, 11) is -1.63. The first-order valence-corrected chi connectivity index (χ1v) is 11.7. The van der Waals surface area contributed by atoms with Gasteiger partial charge in [0.2, 0.25) is 15.9 Å². The molecule has 0 radical (unpaired) electrons. The summed E-state index contributed by atoms with van der Waals surface area (Å²) in [6.07, 6.45) is 0.307. The molecule has 0 unspecified atom stereocenters. The lowest BCUT2D eigenvalue weighted by molar-refractivity contribution is -0.116. The monoisotopic (exact) mass is 430 g/mol. The molecule has 0 aromatic heterocycles. The summed E-state index contributed by atoms with van der Waals surface area (Å²) >= 11 is 0. The lowest BCUT2D eigenvalue weighted by Gasteiger charge is -2.33. The normalized spacial score (nSPS) is 15.7. The summed E-state index contributed by atoms with van der Waals surface area (Å²) in [6.45, 7) is 6.01. The fraction of sp³-hybridized carbons (Fsp3) is 0.409. The molecule has 1 fully saturated rings. The lowest BCUT2D eigenvalue weighted by atomic mass is 10.2. The van der Waals surface area contributed by atoms with Gasteiger partial charge in [-0.3, -0.25) is 4.79 Å². The highest BCUT2D eigenvalue weighted by atomic mass is 32.2. The van der Waals surface area contributed by atoms with Crippen molar-refractivity contribution >= 4 is 27.3 Å². The van der Waals surface area contributed by atoms with Crippen molar-refractivity contribution in [3.63, 3.8) is 0 Å². The standard InChI is InChI=1S/C22H30N4O3S/c1-3-25-14-16-26(17-15-25)30(28,29)21-11-7-8-19(18-21)23-22(27)12-13-24(2)20-9-5-4-6-10-20/h4-11,18H,3,12-17H2,1-2H3,(H,23,27). The molecule has 3 rings (SSSR count). The Hall–Kier alpha value is -2.42. The SMILES string of the molecule is CCN1CCN(S(=O)(=O)c2cccc(NC(=O)CCN(C)c3ccccc3)c2)CC1. The van der Waals surface area contributed by atoms with Crippen molar-refractivity contribution in [3.8, 4) is 0 Å². The van der Waals surface area contributed by atoms with E-state index in [-0.39, 0.29) is 10.8 Å². The number of hydrogen-bond donors (Lipinski definition) is 1. The van der Waals surface area contributed by atoms with E-state index in [1.807, 2.05) is 42.3 Å². The van der Waals surface area contributed by atoms with Gasteiger partial charge < -0.3 is 15.1 Å². The summed E-state index contributed by atoms with van der Waals surface area (Å²) in [5.74, 6) is -0.149. The van der Waals surface area contributed by atoms with Crippen LogP contribution in [0.15, 0.2) is 59.5 Å². The van der Waals surface area contributed by atoms with Crippen LogP contribution < -0.4 is 10.2 Å². The van der Waals surface area contributed by atoms with Crippen molar-refractivity contribution in [2.24, 2.45) is 0 Å². The van der Waals surface area contributed by atoms with Crippen LogP contribution in [0, 0.1) is 0 Å². The van der Waals surface area contributed by atoms with Crippen LogP contribution in [-0.4, -0.2) is 69.8 Å². The molecule has 162 valence electrons. The molecule has 0 spiro atoms. The second-order valence-electron chi connectivity index (χ2n) is 7.42. The van der Waals surface area contributed by atoms with Gasteiger partial charge >= 0.3 is 0 Å². The topological polar surface area (TPSA) is 73.0 Å². The average molecular weight is 431 g/mol. The van der Waals surface area contributed by atoms with E-state index in [9.17, 15) is 13.2 Å². The second-order valence-corrected chi connectivity index (χ2v) is 9.36. The lowest BCUT2D eigenvalue weighted by Crippen LogP contribution is -2.48. The highest BCUT2D eigenvalue weighted by Gasteiger charge is 2.28. The van der Waals surface area contributed by atoms with Crippen LogP contribution in [-0.2, 0) is 14.8 Å². The summed E-state index contributed by atoms with van der Waals surface area (Å²) in [5, 5.41) is 2.82. The summed E-state index contributed by atoms with van der Waals surface area (Å²) < 4.78 is 27.5. The van der Waals surface area contributed by atoms with E-state index in [0.29, 0.717) is 31.7 Å². The maximum Gasteiger partial charge on any atom is 0.243 e. The molecule has 0 aliphatic carbocycles. The first-order valence-electron chi connectivity index (χ1n) is 10.3. The number of carbonyl (C=O) groups is 1. The molecule has 1 N–H and O–H groups in total. The molecule has 30 heavy (non-hydrogen) atoms. The minimum atomic E-state index is -3.57. The Kier molecular flexibility index (Phi) is 7.47. The molecule has 1 saturated heterocycles. The number of hydrogen-bond acceptors (Lipinski definition) is 5. The Morgan fingerprint density at radius 2 is 1.73 bits per heavy atom. The van der Waals surface area contributed by atoms with Crippen molar-refractivity contribution < 1.29 is 13.2 Å². The van der Waals surface area contributed by atoms with E-state index in [1.54, 1.807) is 24.3 Å². The molecule has 0 atom stereocenters. The summed E-state index contributed by atoms with van der Waals surface area (Å²) in [5.41, 5.74) is 1.54. The van der Waals surface area contributed by atoms with E-state index < -0.39 is 10.0 Å². The van der Waals surface area contributed by atoms with Gasteiger partial charge in [0.25, 0.3) is 0 Å². The Balaban J connectivity index is 1.59. The molecule has 7 nitrogen and oxygen atoms in total. The van der Waals surface area contributed by atoms with Crippen LogP contribution in [0.25, 0.3) is 0 Å². The summed E-state index contributed by atoms with van der Waals surface area (Å²) in [4.78, 5) is 16.8. The van der Waals surface area contributed by atoms with Gasteiger partial charge in [-0.1, -0.05) is 31.2 Å². The smallest absolute Gasteiger partial charge is 0.243 e. The Morgan fingerprint density at radius 1 is 1.03 bits per heavy atom. The number of nitrogens with zero attached hydrogens (tertiary/aromatic N) is 3. The van der Waals surface area contributed by atoms with Crippen LogP contribution in [0.1, 0.15) is 13.3 Å². The maximum atomic E-state index is 13.0. The number of anilines is 2. The van der Waals surface area contributed by atoms with Gasteiger partial charge in [-0.05, 0) is 36.9 Å². The number of rotatable bonds is 8. The molecule has 0 saturated carbocycles. The Bertz CT molecular complexity index is 942. The number of nitrogens with one attached hydrogen (secondary N) is 1. The van der Waals surface area contributed by atoms with Crippen LogP contribution >= 0.6 is 0 Å². The number of carbonyl (C=O) groups excluding carboxylic acids is 1. The van der Waals surface area contributed by atoms with Crippen molar-refractivity contribution in [2.45, 2.75) is 18.2 Å². The molecule has 0 bridgehead atoms. The van der Waals surface area contributed by atoms with Gasteiger partial charge in [-0.25, -0.2) is 8.42 Å². The molecule has 2 aromatic carbocycles. The number of benzene rings is 2. The second kappa shape index (κ2) is 10.1. The van der Waals surface area contributed by atoms with Crippen molar-refractivity contribution in [2.75, 3.05) is 56.5 Å². The van der Waals surface area contributed by atoms with E-state index in [2.05, 4.69) is 17.1 Å². The van der Waals surface area contributed by atoms with Crippen LogP contribution in [0.4, 0.5) is 11.4 Å². The van der Waals surface area contributed by atoms with Crippen molar-refractivity contribution in [3.05, 3.63) is 54.6 Å². The van der Waals surface area contributed by atoms with Crippen LogP contribution in [0.2, 0.25) is 0 Å². The average Bonchev–Trinajstić information content (AvgIpc) is 2.78. The molecular formula is C22H30N4O3S. The van der Waals surface area contributed by atoms with Crippen LogP contribution in [0.3, 0.4) is 0 Å². The zero-order valence-electron chi connectivity index (χ0n) is 17.6. The van der Waals surface area contributed by atoms with Gasteiger partial charge in [0.05, 0.1) is 4.90 Å². The Morgan fingerprint density at radius 3 is 2.40 bits per heavy atom. The van der Waals surface area contributed by atoms with Gasteiger partial charge in [-0.15, -0.1) is 0 Å². The first kappa shape index (κ1) is 22.3. The number of likely N-dealkylation sites (N-methyl/N-ethyl adjacent to an activating group) is 1. The van der Waals surface area contributed by atoms with Gasteiger partial charge in [0.1, 0.15) is 0 Å². The molecule has 1 aliphatic rings. The molecule has 8 heteroatoms. The van der Waals surface area contributed by atoms with Crippen LogP contribution in [0.5, 0.6) is 0 Å². The minimum Gasteiger partial charge on any atom is -0.374 e. The first-order chi connectivity index (χ1) is 14.4. The van der Waals surface area contributed by atoms with Crippen molar-refractivity contribution in [1.29, 1.82) is 0 Å². The summed E-state index contributed by atoms with van der Waals surface area (Å²) in [6, 6.07) is 16.4. The molecular weight excluding hydrogens is 400 g/mol. The Labute approximate surface area is 179 Å². The highest BCUT2D eigenvalue weighted by molar-refractivity contribution is 7.89.